The number of alkyl halides is 3. The molecule has 0 aliphatic heterocycles. The Morgan fingerprint density at radius 3 is 2.28 bits per heavy atom. The maximum Gasteiger partial charge on any atom is 0.417 e. The largest absolute Gasteiger partial charge is 0.417 e. The summed E-state index contributed by atoms with van der Waals surface area (Å²) >= 11 is 0. The number of pyridine rings is 1. The average Bonchev–Trinajstić information content (AvgIpc) is 2.25. The number of rotatable bonds is 2. The zero-order valence-electron chi connectivity index (χ0n) is 10.7. The maximum atomic E-state index is 12.9. The van der Waals surface area contributed by atoms with Gasteiger partial charge in [0.05, 0.1) is 11.1 Å². The van der Waals surface area contributed by atoms with Crippen molar-refractivity contribution in [1.29, 1.82) is 0 Å². The molecule has 1 amide bonds. The van der Waals surface area contributed by atoms with Gasteiger partial charge < -0.3 is 4.90 Å². The fourth-order valence-corrected chi connectivity index (χ4v) is 1.43. The molecule has 6 heteroatoms. The Kier molecular flexibility index (Phi) is 3.98. The van der Waals surface area contributed by atoms with Crippen molar-refractivity contribution in [2.75, 3.05) is 14.1 Å². The van der Waals surface area contributed by atoms with E-state index in [1.165, 1.54) is 14.1 Å². The lowest BCUT2D eigenvalue weighted by Gasteiger charge is -2.17. The van der Waals surface area contributed by atoms with Crippen molar-refractivity contribution in [2.24, 2.45) is 0 Å². The molecule has 0 fully saturated rings. The molecule has 0 saturated carbocycles. The smallest absolute Gasteiger partial charge is 0.345 e. The molecule has 0 aromatic carbocycles. The molecular formula is C12H15F3N2O. The summed E-state index contributed by atoms with van der Waals surface area (Å²) in [6, 6.07) is 0.946. The van der Waals surface area contributed by atoms with Gasteiger partial charge in [-0.15, -0.1) is 0 Å². The van der Waals surface area contributed by atoms with Crippen LogP contribution in [-0.2, 0) is 6.18 Å². The SMILES string of the molecule is CC(C)c1cc(C(F)(F)F)c(C(=O)N(C)C)cn1. The van der Waals surface area contributed by atoms with Crippen LogP contribution in [-0.4, -0.2) is 29.9 Å². The van der Waals surface area contributed by atoms with E-state index >= 15 is 0 Å². The summed E-state index contributed by atoms with van der Waals surface area (Å²) in [4.78, 5) is 16.7. The zero-order chi connectivity index (χ0) is 14.1. The maximum absolute atomic E-state index is 12.9. The van der Waals surface area contributed by atoms with Gasteiger partial charge in [-0.05, 0) is 12.0 Å². The van der Waals surface area contributed by atoms with E-state index in [-0.39, 0.29) is 5.92 Å². The van der Waals surface area contributed by atoms with Gasteiger partial charge in [-0.25, -0.2) is 0 Å². The van der Waals surface area contributed by atoms with Gasteiger partial charge in [-0.3, -0.25) is 9.78 Å². The molecule has 0 spiro atoms. The van der Waals surface area contributed by atoms with E-state index in [4.69, 9.17) is 0 Å². The minimum atomic E-state index is -4.56. The number of amides is 1. The first-order valence-electron chi connectivity index (χ1n) is 5.43. The van der Waals surface area contributed by atoms with Crippen LogP contribution in [0.3, 0.4) is 0 Å². The van der Waals surface area contributed by atoms with Crippen LogP contribution in [0.2, 0.25) is 0 Å². The second kappa shape index (κ2) is 4.96. The molecule has 0 saturated heterocycles. The van der Waals surface area contributed by atoms with Crippen molar-refractivity contribution in [3.8, 4) is 0 Å². The van der Waals surface area contributed by atoms with Crippen molar-refractivity contribution in [2.45, 2.75) is 25.9 Å². The summed E-state index contributed by atoms with van der Waals surface area (Å²) in [5.74, 6) is -0.834. The van der Waals surface area contributed by atoms with Gasteiger partial charge in [0, 0.05) is 26.0 Å². The van der Waals surface area contributed by atoms with Gasteiger partial charge in [0.15, 0.2) is 0 Å². The zero-order valence-corrected chi connectivity index (χ0v) is 10.7. The Labute approximate surface area is 104 Å². The van der Waals surface area contributed by atoms with E-state index in [1.807, 2.05) is 0 Å². The van der Waals surface area contributed by atoms with Crippen molar-refractivity contribution in [1.82, 2.24) is 9.88 Å². The predicted octanol–water partition coefficient (Wildman–Crippen LogP) is 2.93. The van der Waals surface area contributed by atoms with Crippen molar-refractivity contribution in [3.05, 3.63) is 29.1 Å². The Hall–Kier alpha value is -1.59. The first-order valence-corrected chi connectivity index (χ1v) is 5.43. The molecule has 0 unspecified atom stereocenters. The lowest BCUT2D eigenvalue weighted by molar-refractivity contribution is -0.138. The van der Waals surface area contributed by atoms with Crippen LogP contribution in [0.4, 0.5) is 13.2 Å². The average molecular weight is 260 g/mol. The molecule has 1 aromatic heterocycles. The summed E-state index contributed by atoms with van der Waals surface area (Å²) in [5, 5.41) is 0. The van der Waals surface area contributed by atoms with Gasteiger partial charge in [-0.1, -0.05) is 13.8 Å². The van der Waals surface area contributed by atoms with E-state index in [0.29, 0.717) is 5.69 Å². The van der Waals surface area contributed by atoms with E-state index in [9.17, 15) is 18.0 Å². The molecule has 1 aromatic rings. The molecule has 0 radical (unpaired) electrons. The highest BCUT2D eigenvalue weighted by molar-refractivity contribution is 5.95. The van der Waals surface area contributed by atoms with Gasteiger partial charge in [0.25, 0.3) is 5.91 Å². The van der Waals surface area contributed by atoms with Crippen molar-refractivity contribution < 1.29 is 18.0 Å². The topological polar surface area (TPSA) is 33.2 Å². The van der Waals surface area contributed by atoms with Crippen LogP contribution in [0.5, 0.6) is 0 Å². The summed E-state index contributed by atoms with van der Waals surface area (Å²) in [5.41, 5.74) is -1.03. The number of carbonyl (C=O) groups excluding carboxylic acids is 1. The van der Waals surface area contributed by atoms with E-state index in [1.54, 1.807) is 13.8 Å². The molecule has 100 valence electrons. The number of hydrogen-bond donors (Lipinski definition) is 0. The van der Waals surface area contributed by atoms with Crippen LogP contribution >= 0.6 is 0 Å². The highest BCUT2D eigenvalue weighted by Crippen LogP contribution is 2.33. The normalized spacial score (nSPS) is 11.8. The van der Waals surface area contributed by atoms with Crippen LogP contribution in [0, 0.1) is 0 Å². The number of nitrogens with zero attached hydrogens (tertiary/aromatic N) is 2. The Morgan fingerprint density at radius 1 is 1.33 bits per heavy atom. The third-order valence-electron chi connectivity index (χ3n) is 2.46. The quantitative estimate of drug-likeness (QED) is 0.819. The minimum absolute atomic E-state index is 0.130. The molecule has 0 atom stereocenters. The van der Waals surface area contributed by atoms with E-state index in [2.05, 4.69) is 4.98 Å². The monoisotopic (exact) mass is 260 g/mol. The van der Waals surface area contributed by atoms with Gasteiger partial charge in [-0.2, -0.15) is 13.2 Å². The number of halogens is 3. The van der Waals surface area contributed by atoms with Crippen molar-refractivity contribution in [3.63, 3.8) is 0 Å². The summed E-state index contributed by atoms with van der Waals surface area (Å²) in [7, 11) is 2.80. The van der Waals surface area contributed by atoms with Crippen LogP contribution in [0.1, 0.15) is 41.4 Å². The third kappa shape index (κ3) is 3.00. The molecule has 0 bridgehead atoms. The lowest BCUT2D eigenvalue weighted by Crippen LogP contribution is -2.25. The first-order chi connectivity index (χ1) is 8.14. The Bertz CT molecular complexity index is 453. The molecule has 1 rings (SSSR count). The number of hydrogen-bond acceptors (Lipinski definition) is 2. The molecule has 1 heterocycles. The standard InChI is InChI=1S/C12H15F3N2O/c1-7(2)10-5-9(12(13,14)15)8(6-16-10)11(18)17(3)4/h5-7H,1-4H3. The fourth-order valence-electron chi connectivity index (χ4n) is 1.43. The van der Waals surface area contributed by atoms with E-state index in [0.717, 1.165) is 17.2 Å². The van der Waals surface area contributed by atoms with E-state index < -0.39 is 23.2 Å². The number of aromatic nitrogens is 1. The second-order valence-electron chi connectivity index (χ2n) is 4.51. The molecule has 0 aliphatic carbocycles. The van der Waals surface area contributed by atoms with Crippen LogP contribution in [0.25, 0.3) is 0 Å². The summed E-state index contributed by atoms with van der Waals surface area (Å²) in [6.07, 6.45) is -3.56. The van der Waals surface area contributed by atoms with Crippen LogP contribution < -0.4 is 0 Å². The highest BCUT2D eigenvalue weighted by atomic mass is 19.4. The lowest BCUT2D eigenvalue weighted by atomic mass is 10.0. The Morgan fingerprint density at radius 2 is 1.89 bits per heavy atom. The van der Waals surface area contributed by atoms with Crippen LogP contribution in [0.15, 0.2) is 12.3 Å². The summed E-state index contributed by atoms with van der Waals surface area (Å²) in [6.45, 7) is 3.49. The molecular weight excluding hydrogens is 245 g/mol. The number of carbonyl (C=O) groups is 1. The third-order valence-corrected chi connectivity index (χ3v) is 2.46. The Balaban J connectivity index is 3.40. The summed E-state index contributed by atoms with van der Waals surface area (Å²) < 4.78 is 38.8. The van der Waals surface area contributed by atoms with Crippen molar-refractivity contribution >= 4 is 5.91 Å². The molecule has 0 aliphatic rings. The van der Waals surface area contributed by atoms with Gasteiger partial charge in [0.2, 0.25) is 0 Å². The fraction of sp³-hybridized carbons (Fsp3) is 0.500. The minimum Gasteiger partial charge on any atom is -0.345 e. The molecule has 3 nitrogen and oxygen atoms in total. The highest BCUT2D eigenvalue weighted by Gasteiger charge is 2.36. The second-order valence-corrected chi connectivity index (χ2v) is 4.51. The van der Waals surface area contributed by atoms with Gasteiger partial charge >= 0.3 is 6.18 Å². The first kappa shape index (κ1) is 14.5. The predicted molar refractivity (Wildman–Crippen MR) is 61.3 cm³/mol. The molecule has 0 N–H and O–H groups in total. The molecule has 18 heavy (non-hydrogen) atoms. The van der Waals surface area contributed by atoms with Gasteiger partial charge in [0.1, 0.15) is 0 Å².